The normalized spacial score (nSPS) is 14.0. The molecule has 8 heteroatoms. The highest BCUT2D eigenvalue weighted by Gasteiger charge is 2.17. The molecule has 0 atom stereocenters. The maximum absolute atomic E-state index is 9.69. The molecule has 1 saturated heterocycles. The van der Waals surface area contributed by atoms with Gasteiger partial charge in [0, 0.05) is 31.0 Å². The highest BCUT2D eigenvalue weighted by atomic mass is 16.5. The average molecular weight is 453 g/mol. The van der Waals surface area contributed by atoms with Crippen LogP contribution in [0, 0.1) is 11.3 Å². The summed E-state index contributed by atoms with van der Waals surface area (Å²) in [7, 11) is 0. The van der Waals surface area contributed by atoms with Gasteiger partial charge in [0.2, 0.25) is 0 Å². The summed E-state index contributed by atoms with van der Waals surface area (Å²) in [5.74, 6) is 1.33. The molecule has 2 aromatic heterocycles. The van der Waals surface area contributed by atoms with Crippen LogP contribution >= 0.6 is 0 Å². The van der Waals surface area contributed by atoms with Gasteiger partial charge in [-0.1, -0.05) is 24.3 Å². The van der Waals surface area contributed by atoms with Gasteiger partial charge in [-0.3, -0.25) is 0 Å². The summed E-state index contributed by atoms with van der Waals surface area (Å²) in [4.78, 5) is 9.23. The first-order valence-corrected chi connectivity index (χ1v) is 11.3. The van der Waals surface area contributed by atoms with Crippen LogP contribution in [0.15, 0.2) is 67.4 Å². The Morgan fingerprint density at radius 3 is 2.68 bits per heavy atom. The van der Waals surface area contributed by atoms with E-state index in [2.05, 4.69) is 39.4 Å². The summed E-state index contributed by atoms with van der Waals surface area (Å²) in [5.41, 5.74) is 4.43. The molecule has 0 unspecified atom stereocenters. The van der Waals surface area contributed by atoms with Crippen LogP contribution in [-0.4, -0.2) is 44.1 Å². The number of aromatic nitrogens is 5. The minimum Gasteiger partial charge on any atom is -0.489 e. The molecule has 4 aromatic rings. The van der Waals surface area contributed by atoms with Gasteiger partial charge in [-0.2, -0.15) is 5.26 Å². The zero-order valence-electron chi connectivity index (χ0n) is 18.7. The minimum absolute atomic E-state index is 0.0816. The van der Waals surface area contributed by atoms with Crippen LogP contribution < -0.4 is 4.74 Å². The molecule has 0 radical (unpaired) electrons. The predicted molar refractivity (Wildman–Crippen MR) is 125 cm³/mol. The quantitative estimate of drug-likeness (QED) is 0.420. The topological polar surface area (TPSA) is 98.7 Å². The van der Waals surface area contributed by atoms with Gasteiger partial charge >= 0.3 is 0 Å². The lowest BCUT2D eigenvalue weighted by Crippen LogP contribution is -2.26. The third kappa shape index (κ3) is 5.27. The summed E-state index contributed by atoms with van der Waals surface area (Å²) < 4.78 is 13.4. The van der Waals surface area contributed by atoms with Crippen LogP contribution in [0.5, 0.6) is 5.75 Å². The third-order valence-electron chi connectivity index (χ3n) is 5.75. The molecule has 5 rings (SSSR count). The van der Waals surface area contributed by atoms with E-state index < -0.39 is 0 Å². The molecule has 2 aromatic carbocycles. The summed E-state index contributed by atoms with van der Waals surface area (Å²) in [5, 5.41) is 17.4. The second-order valence-corrected chi connectivity index (χ2v) is 8.24. The molecular formula is C26H24N6O2. The van der Waals surface area contributed by atoms with Gasteiger partial charge in [0.15, 0.2) is 0 Å². The van der Waals surface area contributed by atoms with Crippen LogP contribution in [0.3, 0.4) is 0 Å². The van der Waals surface area contributed by atoms with E-state index in [1.54, 1.807) is 18.9 Å². The summed E-state index contributed by atoms with van der Waals surface area (Å²) >= 11 is 0. The zero-order valence-corrected chi connectivity index (χ0v) is 18.7. The Morgan fingerprint density at radius 1 is 1.03 bits per heavy atom. The Balaban J connectivity index is 1.32. The fourth-order valence-electron chi connectivity index (χ4n) is 4.03. The van der Waals surface area contributed by atoms with E-state index in [0.29, 0.717) is 37.5 Å². The Morgan fingerprint density at radius 2 is 1.85 bits per heavy atom. The first-order chi connectivity index (χ1) is 16.8. The fourth-order valence-corrected chi connectivity index (χ4v) is 4.03. The molecule has 34 heavy (non-hydrogen) atoms. The van der Waals surface area contributed by atoms with Crippen molar-refractivity contribution in [3.8, 4) is 23.1 Å². The van der Waals surface area contributed by atoms with Gasteiger partial charge < -0.3 is 14.0 Å². The van der Waals surface area contributed by atoms with Gasteiger partial charge in [0.25, 0.3) is 0 Å². The van der Waals surface area contributed by atoms with E-state index in [9.17, 15) is 5.26 Å². The lowest BCUT2D eigenvalue weighted by atomic mass is 10.1. The molecule has 1 aliphatic rings. The summed E-state index contributed by atoms with van der Waals surface area (Å²) in [6.07, 6.45) is 7.53. The van der Waals surface area contributed by atoms with E-state index in [1.165, 1.54) is 0 Å². The number of rotatable bonds is 7. The van der Waals surface area contributed by atoms with Gasteiger partial charge in [-0.25, -0.2) is 9.97 Å². The van der Waals surface area contributed by atoms with Gasteiger partial charge in [0.05, 0.1) is 31.0 Å². The SMILES string of the molecule is N#Cc1cc(-c2ccnc(Cc3cccc(Cn4cnnc4)c3)n2)ccc1OC1CCOCC1. The Hall–Kier alpha value is -4.09. The second kappa shape index (κ2) is 10.2. The molecule has 1 fully saturated rings. The third-order valence-corrected chi connectivity index (χ3v) is 5.75. The largest absolute Gasteiger partial charge is 0.489 e. The molecule has 0 N–H and O–H groups in total. The number of hydrogen-bond donors (Lipinski definition) is 0. The number of ether oxygens (including phenoxy) is 2. The van der Waals surface area contributed by atoms with Gasteiger partial charge in [-0.05, 0) is 35.4 Å². The van der Waals surface area contributed by atoms with Crippen molar-refractivity contribution in [2.45, 2.75) is 31.9 Å². The van der Waals surface area contributed by atoms with Crippen molar-refractivity contribution in [3.05, 3.63) is 89.9 Å². The molecule has 170 valence electrons. The Bertz CT molecular complexity index is 1290. The van der Waals surface area contributed by atoms with Crippen molar-refractivity contribution in [2.75, 3.05) is 13.2 Å². The highest BCUT2D eigenvalue weighted by Crippen LogP contribution is 2.27. The maximum atomic E-state index is 9.69. The van der Waals surface area contributed by atoms with E-state index in [1.807, 2.05) is 34.9 Å². The van der Waals surface area contributed by atoms with Crippen LogP contribution in [0.4, 0.5) is 0 Å². The molecule has 3 heterocycles. The monoisotopic (exact) mass is 452 g/mol. The molecule has 0 spiro atoms. The maximum Gasteiger partial charge on any atom is 0.137 e. The van der Waals surface area contributed by atoms with Crippen molar-refractivity contribution < 1.29 is 9.47 Å². The van der Waals surface area contributed by atoms with E-state index in [4.69, 9.17) is 14.5 Å². The molecule has 1 aliphatic heterocycles. The molecule has 0 bridgehead atoms. The highest BCUT2D eigenvalue weighted by molar-refractivity contribution is 5.64. The van der Waals surface area contributed by atoms with Gasteiger partial charge in [0.1, 0.15) is 36.4 Å². The summed E-state index contributed by atoms with van der Waals surface area (Å²) in [6, 6.07) is 18.1. The minimum atomic E-state index is 0.0816. The predicted octanol–water partition coefficient (Wildman–Crippen LogP) is 3.80. The molecule has 0 saturated carbocycles. The van der Waals surface area contributed by atoms with Crippen LogP contribution in [0.2, 0.25) is 0 Å². The Kier molecular flexibility index (Phi) is 6.54. The average Bonchev–Trinajstić information content (AvgIpc) is 3.38. The number of hydrogen-bond acceptors (Lipinski definition) is 7. The molecular weight excluding hydrogens is 428 g/mol. The molecule has 8 nitrogen and oxygen atoms in total. The number of nitriles is 1. The number of benzene rings is 2. The first-order valence-electron chi connectivity index (χ1n) is 11.3. The van der Waals surface area contributed by atoms with Crippen molar-refractivity contribution in [1.29, 1.82) is 5.26 Å². The van der Waals surface area contributed by atoms with E-state index in [-0.39, 0.29) is 6.10 Å². The van der Waals surface area contributed by atoms with Crippen molar-refractivity contribution in [1.82, 2.24) is 24.7 Å². The van der Waals surface area contributed by atoms with Crippen molar-refractivity contribution in [3.63, 3.8) is 0 Å². The van der Waals surface area contributed by atoms with Crippen molar-refractivity contribution >= 4 is 0 Å². The van der Waals surface area contributed by atoms with Crippen molar-refractivity contribution in [2.24, 2.45) is 0 Å². The van der Waals surface area contributed by atoms with E-state index in [0.717, 1.165) is 41.1 Å². The van der Waals surface area contributed by atoms with E-state index >= 15 is 0 Å². The van der Waals surface area contributed by atoms with Crippen LogP contribution in [0.25, 0.3) is 11.3 Å². The zero-order chi connectivity index (χ0) is 23.2. The fraction of sp³-hybridized carbons (Fsp3) is 0.269. The molecule has 0 amide bonds. The molecule has 0 aliphatic carbocycles. The lowest BCUT2D eigenvalue weighted by Gasteiger charge is -2.23. The second-order valence-electron chi connectivity index (χ2n) is 8.24. The van der Waals surface area contributed by atoms with Gasteiger partial charge in [-0.15, -0.1) is 10.2 Å². The Labute approximate surface area is 197 Å². The van der Waals surface area contributed by atoms with Crippen LogP contribution in [-0.2, 0) is 17.7 Å². The number of nitrogens with zero attached hydrogens (tertiary/aromatic N) is 6. The standard InChI is InChI=1S/C26H24N6O2/c27-15-22-14-21(4-5-25(22)34-23-7-10-33-11-8-23)24-6-9-28-26(31-24)13-19-2-1-3-20(12-19)16-32-17-29-30-18-32/h1-6,9,12,14,17-18,23H,7-8,10-11,13,16H2. The first kappa shape index (κ1) is 21.7. The smallest absolute Gasteiger partial charge is 0.137 e. The lowest BCUT2D eigenvalue weighted by molar-refractivity contribution is 0.0254. The van der Waals surface area contributed by atoms with Crippen LogP contribution in [0.1, 0.15) is 35.4 Å². The summed E-state index contributed by atoms with van der Waals surface area (Å²) in [6.45, 7) is 2.09.